The van der Waals surface area contributed by atoms with Crippen molar-refractivity contribution in [3.05, 3.63) is 0 Å². The molecule has 0 aliphatic heterocycles. The van der Waals surface area contributed by atoms with Gasteiger partial charge in [0.15, 0.2) is 0 Å². The molecular formula is H2GeMoO2. The zero-order chi connectivity index (χ0) is 2.71. The Balaban J connectivity index is 0. The molecule has 0 aliphatic rings. The van der Waals surface area contributed by atoms with Crippen molar-refractivity contribution in [2.24, 2.45) is 0 Å². The first-order chi connectivity index (χ1) is 1.41. The fraction of sp³-hybridized carbons (Fsp3) is 0. The standard InChI is InChI=1S/GeH2O2.Mo/c2-1-3;/h1-2H;. The van der Waals surface area contributed by atoms with Gasteiger partial charge >= 0.3 is 23.6 Å². The Morgan fingerprint density at radius 3 is 1.75 bits per heavy atom. The van der Waals surface area contributed by atoms with E-state index in [1.165, 1.54) is 0 Å². The molecule has 0 aliphatic carbocycles. The first kappa shape index (κ1) is 8.85. The predicted molar refractivity (Wildman–Crippen MR) is 10.1 cm³/mol. The monoisotopic (exact) mass is 206 g/mol. The Morgan fingerprint density at radius 2 is 1.75 bits per heavy atom. The van der Waals surface area contributed by atoms with Gasteiger partial charge in [-0.25, -0.2) is 0 Å². The van der Waals surface area contributed by atoms with Crippen LogP contribution >= 0.6 is 0 Å². The van der Waals surface area contributed by atoms with Crippen molar-refractivity contribution in [2.45, 2.75) is 0 Å². The SMILES string of the molecule is [Mo].[O]=[GeH][OH]. The Bertz CT molecular complexity index is 13.5. The van der Waals surface area contributed by atoms with Crippen LogP contribution < -0.4 is 0 Å². The second-order valence-corrected chi connectivity index (χ2v) is 0.548. The van der Waals surface area contributed by atoms with E-state index in [1.54, 1.807) is 0 Å². The number of rotatable bonds is 0. The molecule has 0 aromatic rings. The molecule has 1 N–H and O–H groups in total. The van der Waals surface area contributed by atoms with Crippen LogP contribution in [0.2, 0.25) is 0 Å². The van der Waals surface area contributed by atoms with E-state index in [2.05, 4.69) is 0 Å². The average molecular weight is 203 g/mol. The van der Waals surface area contributed by atoms with E-state index in [1.807, 2.05) is 0 Å². The van der Waals surface area contributed by atoms with E-state index in [4.69, 9.17) is 7.91 Å². The number of hydrogen-bond acceptors (Lipinski definition) is 1. The summed E-state index contributed by atoms with van der Waals surface area (Å²) in [5.74, 6) is 0. The predicted octanol–water partition coefficient (Wildman–Crippen LogP) is -1.33. The number of hydrogen-bond donors (Lipinski definition) is 1. The van der Waals surface area contributed by atoms with Gasteiger partial charge in [0, 0.05) is 21.1 Å². The van der Waals surface area contributed by atoms with E-state index in [9.17, 15) is 0 Å². The van der Waals surface area contributed by atoms with E-state index in [0.717, 1.165) is 0 Å². The fourth-order valence-corrected chi connectivity index (χ4v) is 0. The Kier molecular flexibility index (Phi) is 20.3. The molecule has 0 bridgehead atoms. The van der Waals surface area contributed by atoms with Gasteiger partial charge in [0.1, 0.15) is 0 Å². The second kappa shape index (κ2) is 9.16. The Morgan fingerprint density at radius 1 is 1.75 bits per heavy atom. The van der Waals surface area contributed by atoms with Crippen LogP contribution in [0.3, 0.4) is 0 Å². The molecule has 0 unspecified atom stereocenters. The van der Waals surface area contributed by atoms with Gasteiger partial charge < -0.3 is 0 Å². The summed E-state index contributed by atoms with van der Waals surface area (Å²) in [6.45, 7) is 0. The van der Waals surface area contributed by atoms with E-state index < -0.39 is 15.7 Å². The third kappa shape index (κ3) is 13.7. The van der Waals surface area contributed by atoms with Crippen molar-refractivity contribution < 1.29 is 29.0 Å². The van der Waals surface area contributed by atoms with Gasteiger partial charge in [0.25, 0.3) is 0 Å². The average Bonchev–Trinajstić information content (AvgIpc) is 0.918. The van der Waals surface area contributed by atoms with Crippen LogP contribution in [0.5, 0.6) is 0 Å². The summed E-state index contributed by atoms with van der Waals surface area (Å²) in [6.07, 6.45) is 0. The first-order valence-corrected chi connectivity index (χ1v) is 2.57. The minimum atomic E-state index is -1.94. The molecule has 4 heteroatoms. The van der Waals surface area contributed by atoms with Crippen molar-refractivity contribution in [1.82, 2.24) is 0 Å². The molecule has 0 spiro atoms. The van der Waals surface area contributed by atoms with Crippen molar-refractivity contribution in [3.63, 3.8) is 0 Å². The van der Waals surface area contributed by atoms with Gasteiger partial charge in [-0.15, -0.1) is 0 Å². The van der Waals surface area contributed by atoms with Gasteiger partial charge in [0.2, 0.25) is 0 Å². The van der Waals surface area contributed by atoms with E-state index in [-0.39, 0.29) is 21.1 Å². The normalized spacial score (nSPS) is 3.00. The van der Waals surface area contributed by atoms with Crippen molar-refractivity contribution in [1.29, 1.82) is 0 Å². The maximum atomic E-state index is 8.64. The molecule has 2 nitrogen and oxygen atoms in total. The summed E-state index contributed by atoms with van der Waals surface area (Å²) in [4.78, 5) is 0. The molecule has 4 heavy (non-hydrogen) atoms. The van der Waals surface area contributed by atoms with E-state index in [0.29, 0.717) is 0 Å². The molecule has 0 rings (SSSR count). The molecular weight excluding hydrogens is 201 g/mol. The van der Waals surface area contributed by atoms with Crippen LogP contribution in [0.15, 0.2) is 0 Å². The molecule has 0 atom stereocenters. The molecule has 0 amide bonds. The summed E-state index contributed by atoms with van der Waals surface area (Å²) in [5.41, 5.74) is 0. The summed E-state index contributed by atoms with van der Waals surface area (Å²) in [6, 6.07) is 0. The molecule has 0 radical (unpaired) electrons. The topological polar surface area (TPSA) is 37.3 Å². The van der Waals surface area contributed by atoms with Crippen LogP contribution in [0.1, 0.15) is 0 Å². The zero-order valence-corrected chi connectivity index (χ0v) is 6.27. The quantitative estimate of drug-likeness (QED) is 0.495. The van der Waals surface area contributed by atoms with Gasteiger partial charge in [-0.2, -0.15) is 0 Å². The third-order valence-electron chi connectivity index (χ3n) is 0. The third-order valence-corrected chi connectivity index (χ3v) is 0. The molecule has 24 valence electrons. The second-order valence-electron chi connectivity index (χ2n) is 0.105. The Hall–Kier alpha value is 0.831. The van der Waals surface area contributed by atoms with Crippen molar-refractivity contribution in [3.8, 4) is 0 Å². The molecule has 0 saturated carbocycles. The van der Waals surface area contributed by atoms with Crippen LogP contribution in [0.25, 0.3) is 0 Å². The summed E-state index contributed by atoms with van der Waals surface area (Å²) in [5, 5.41) is 0. The van der Waals surface area contributed by atoms with Gasteiger partial charge in [-0.3, -0.25) is 0 Å². The van der Waals surface area contributed by atoms with Crippen LogP contribution in [0.4, 0.5) is 0 Å². The van der Waals surface area contributed by atoms with E-state index >= 15 is 0 Å². The van der Waals surface area contributed by atoms with Crippen LogP contribution in [-0.2, 0) is 24.8 Å². The molecule has 0 heterocycles. The zero-order valence-electron chi connectivity index (χ0n) is 1.84. The molecule has 0 fully saturated rings. The van der Waals surface area contributed by atoms with Crippen molar-refractivity contribution >= 4 is 15.7 Å². The molecule has 0 aromatic carbocycles. The molecule has 0 saturated heterocycles. The van der Waals surface area contributed by atoms with Crippen LogP contribution in [0, 0.1) is 0 Å². The summed E-state index contributed by atoms with van der Waals surface area (Å²) < 4.78 is 15.8. The van der Waals surface area contributed by atoms with Gasteiger partial charge in [-0.1, -0.05) is 0 Å². The van der Waals surface area contributed by atoms with Crippen LogP contribution in [-0.4, -0.2) is 19.8 Å². The van der Waals surface area contributed by atoms with Crippen molar-refractivity contribution in [2.75, 3.05) is 0 Å². The first-order valence-electron chi connectivity index (χ1n) is 0.494. The fourth-order valence-electron chi connectivity index (χ4n) is 0. The minimum absolute atomic E-state index is 0. The summed E-state index contributed by atoms with van der Waals surface area (Å²) in [7, 11) is 0. The molecule has 0 aromatic heterocycles. The Labute approximate surface area is 44.9 Å². The maximum absolute atomic E-state index is 8.64. The van der Waals surface area contributed by atoms with Gasteiger partial charge in [0.05, 0.1) is 0 Å². The van der Waals surface area contributed by atoms with Gasteiger partial charge in [-0.05, 0) is 0 Å². The summed E-state index contributed by atoms with van der Waals surface area (Å²) >= 11 is -1.94.